The molecule has 1 aliphatic carbocycles. The van der Waals surface area contributed by atoms with Crippen molar-refractivity contribution in [3.05, 3.63) is 11.6 Å². The van der Waals surface area contributed by atoms with Crippen molar-refractivity contribution in [2.45, 2.75) is 33.6 Å². The molecule has 2 atom stereocenters. The van der Waals surface area contributed by atoms with Crippen LogP contribution in [0.5, 0.6) is 0 Å². The van der Waals surface area contributed by atoms with E-state index in [9.17, 15) is 9.59 Å². The highest BCUT2D eigenvalue weighted by Crippen LogP contribution is 2.45. The van der Waals surface area contributed by atoms with Gasteiger partial charge in [0.25, 0.3) is 0 Å². The zero-order chi connectivity index (χ0) is 12.3. The van der Waals surface area contributed by atoms with Crippen molar-refractivity contribution in [3.8, 4) is 0 Å². The van der Waals surface area contributed by atoms with Crippen LogP contribution in [-0.4, -0.2) is 23.7 Å². The van der Waals surface area contributed by atoms with Gasteiger partial charge in [0.15, 0.2) is 0 Å². The maximum absolute atomic E-state index is 11.9. The van der Waals surface area contributed by atoms with E-state index in [4.69, 9.17) is 9.84 Å². The molecule has 0 saturated carbocycles. The van der Waals surface area contributed by atoms with Gasteiger partial charge in [-0.3, -0.25) is 4.79 Å². The summed E-state index contributed by atoms with van der Waals surface area (Å²) in [5, 5.41) is 9.04. The summed E-state index contributed by atoms with van der Waals surface area (Å²) in [6.07, 6.45) is 2.73. The quantitative estimate of drug-likeness (QED) is 0.745. The van der Waals surface area contributed by atoms with Crippen LogP contribution in [-0.2, 0) is 14.3 Å². The summed E-state index contributed by atoms with van der Waals surface area (Å²) < 4.78 is 5.02. The molecule has 4 heteroatoms. The molecule has 0 heterocycles. The topological polar surface area (TPSA) is 63.6 Å². The molecule has 0 aromatic rings. The first-order valence-corrected chi connectivity index (χ1v) is 5.57. The lowest BCUT2D eigenvalue weighted by atomic mass is 9.75. The molecule has 0 aliphatic heterocycles. The number of allylic oxidation sites excluding steroid dienone is 1. The maximum atomic E-state index is 11.9. The molecular weight excluding hydrogens is 208 g/mol. The third-order valence-electron chi connectivity index (χ3n) is 3.29. The number of hydrogen-bond acceptors (Lipinski definition) is 3. The first-order valence-electron chi connectivity index (χ1n) is 5.57. The Kier molecular flexibility index (Phi) is 3.73. The molecular formula is C12H18O4. The van der Waals surface area contributed by atoms with Gasteiger partial charge < -0.3 is 9.84 Å². The normalized spacial score (nSPS) is 28.7. The fraction of sp³-hybridized carbons (Fsp3) is 0.667. The second-order valence-corrected chi connectivity index (χ2v) is 4.27. The number of rotatable bonds is 4. The largest absolute Gasteiger partial charge is 0.478 e. The number of carbonyl (C=O) groups excluding carboxylic acids is 1. The third-order valence-corrected chi connectivity index (χ3v) is 3.29. The Hall–Kier alpha value is -1.32. The zero-order valence-electron chi connectivity index (χ0n) is 9.95. The average molecular weight is 226 g/mol. The van der Waals surface area contributed by atoms with Crippen molar-refractivity contribution >= 4 is 11.9 Å². The molecule has 0 fully saturated rings. The summed E-state index contributed by atoms with van der Waals surface area (Å²) in [5.74, 6) is -1.47. The highest BCUT2D eigenvalue weighted by atomic mass is 16.5. The van der Waals surface area contributed by atoms with Crippen molar-refractivity contribution < 1.29 is 19.4 Å². The predicted molar refractivity (Wildman–Crippen MR) is 58.9 cm³/mol. The van der Waals surface area contributed by atoms with Crippen LogP contribution in [0.15, 0.2) is 11.6 Å². The van der Waals surface area contributed by atoms with Crippen LogP contribution >= 0.6 is 0 Å². The number of carboxylic acids is 1. The van der Waals surface area contributed by atoms with Crippen LogP contribution in [0.1, 0.15) is 33.6 Å². The van der Waals surface area contributed by atoms with E-state index in [2.05, 4.69) is 0 Å². The summed E-state index contributed by atoms with van der Waals surface area (Å²) in [6.45, 7) is 5.76. The fourth-order valence-electron chi connectivity index (χ4n) is 2.38. The second kappa shape index (κ2) is 4.68. The molecule has 4 nitrogen and oxygen atoms in total. The van der Waals surface area contributed by atoms with E-state index in [1.807, 2.05) is 6.92 Å². The van der Waals surface area contributed by atoms with Gasteiger partial charge in [0.2, 0.25) is 0 Å². The Bertz CT molecular complexity index is 332. The van der Waals surface area contributed by atoms with Crippen LogP contribution in [0.2, 0.25) is 0 Å². The molecule has 0 aromatic heterocycles. The Morgan fingerprint density at radius 3 is 2.62 bits per heavy atom. The van der Waals surface area contributed by atoms with Gasteiger partial charge in [-0.1, -0.05) is 13.0 Å². The maximum Gasteiger partial charge on any atom is 0.331 e. The molecule has 1 rings (SSSR count). The third kappa shape index (κ3) is 1.96. The van der Waals surface area contributed by atoms with E-state index in [1.54, 1.807) is 19.9 Å². The lowest BCUT2D eigenvalue weighted by Crippen LogP contribution is -2.35. The van der Waals surface area contributed by atoms with Gasteiger partial charge in [0.1, 0.15) is 0 Å². The van der Waals surface area contributed by atoms with Crippen LogP contribution in [0, 0.1) is 11.3 Å². The molecule has 0 spiro atoms. The summed E-state index contributed by atoms with van der Waals surface area (Å²) >= 11 is 0. The molecule has 2 unspecified atom stereocenters. The number of ether oxygens (including phenoxy) is 1. The first-order chi connectivity index (χ1) is 7.47. The minimum Gasteiger partial charge on any atom is -0.478 e. The molecule has 0 saturated heterocycles. The van der Waals surface area contributed by atoms with Gasteiger partial charge in [0, 0.05) is 11.5 Å². The first kappa shape index (κ1) is 12.7. The SMILES string of the molecule is CCOC(=O)C1(C)CC=C(C(=O)O)C1CC. The standard InChI is InChI=1S/C12H18O4/c1-4-9-8(10(13)14)6-7-12(9,3)11(15)16-5-2/h6,9H,4-5,7H2,1-3H3,(H,13,14). The smallest absolute Gasteiger partial charge is 0.331 e. The monoisotopic (exact) mass is 226 g/mol. The van der Waals surface area contributed by atoms with Gasteiger partial charge in [-0.05, 0) is 26.7 Å². The van der Waals surface area contributed by atoms with E-state index in [0.29, 0.717) is 25.0 Å². The van der Waals surface area contributed by atoms with E-state index in [0.717, 1.165) is 0 Å². The molecule has 90 valence electrons. The molecule has 0 radical (unpaired) electrons. The number of carbonyl (C=O) groups is 2. The van der Waals surface area contributed by atoms with Crippen LogP contribution in [0.4, 0.5) is 0 Å². The van der Waals surface area contributed by atoms with Crippen molar-refractivity contribution in [1.82, 2.24) is 0 Å². The van der Waals surface area contributed by atoms with Gasteiger partial charge in [-0.25, -0.2) is 4.79 Å². The van der Waals surface area contributed by atoms with Crippen LogP contribution < -0.4 is 0 Å². The molecule has 1 aliphatic rings. The van der Waals surface area contributed by atoms with Crippen molar-refractivity contribution in [2.24, 2.45) is 11.3 Å². The van der Waals surface area contributed by atoms with Crippen molar-refractivity contribution in [2.75, 3.05) is 6.61 Å². The molecule has 0 aromatic carbocycles. The Morgan fingerprint density at radius 1 is 1.56 bits per heavy atom. The Morgan fingerprint density at radius 2 is 2.19 bits per heavy atom. The Balaban J connectivity index is 2.93. The van der Waals surface area contributed by atoms with E-state index in [1.165, 1.54) is 0 Å². The minimum atomic E-state index is -0.931. The van der Waals surface area contributed by atoms with Gasteiger partial charge in [0.05, 0.1) is 12.0 Å². The lowest BCUT2D eigenvalue weighted by Gasteiger charge is -2.29. The summed E-state index contributed by atoms with van der Waals surface area (Å²) in [7, 11) is 0. The van der Waals surface area contributed by atoms with Crippen molar-refractivity contribution in [3.63, 3.8) is 0 Å². The van der Waals surface area contributed by atoms with E-state index >= 15 is 0 Å². The lowest BCUT2D eigenvalue weighted by molar-refractivity contribution is -0.156. The molecule has 0 amide bonds. The summed E-state index contributed by atoms with van der Waals surface area (Å²) in [6, 6.07) is 0. The second-order valence-electron chi connectivity index (χ2n) is 4.27. The highest BCUT2D eigenvalue weighted by Gasteiger charge is 2.48. The van der Waals surface area contributed by atoms with Crippen LogP contribution in [0.25, 0.3) is 0 Å². The van der Waals surface area contributed by atoms with Gasteiger partial charge in [-0.2, -0.15) is 0 Å². The Labute approximate surface area is 95.3 Å². The van der Waals surface area contributed by atoms with Gasteiger partial charge >= 0.3 is 11.9 Å². The molecule has 1 N–H and O–H groups in total. The van der Waals surface area contributed by atoms with Gasteiger partial charge in [-0.15, -0.1) is 0 Å². The predicted octanol–water partition coefficient (Wildman–Crippen LogP) is 2.00. The summed E-state index contributed by atoms with van der Waals surface area (Å²) in [4.78, 5) is 22.9. The molecule has 0 bridgehead atoms. The number of esters is 1. The number of carboxylic acid groups (broad SMARTS) is 1. The van der Waals surface area contributed by atoms with E-state index in [-0.39, 0.29) is 11.9 Å². The fourth-order valence-corrected chi connectivity index (χ4v) is 2.38. The highest BCUT2D eigenvalue weighted by molar-refractivity contribution is 5.91. The number of aliphatic carboxylic acids is 1. The zero-order valence-corrected chi connectivity index (χ0v) is 9.95. The average Bonchev–Trinajstić information content (AvgIpc) is 2.57. The minimum absolute atomic E-state index is 0.246. The van der Waals surface area contributed by atoms with Crippen molar-refractivity contribution in [1.29, 1.82) is 0 Å². The van der Waals surface area contributed by atoms with E-state index < -0.39 is 11.4 Å². The van der Waals surface area contributed by atoms with Crippen LogP contribution in [0.3, 0.4) is 0 Å². The molecule has 16 heavy (non-hydrogen) atoms. The summed E-state index contributed by atoms with van der Waals surface area (Å²) in [5.41, 5.74) is -0.364. The number of hydrogen-bond donors (Lipinski definition) is 1.